The van der Waals surface area contributed by atoms with E-state index in [4.69, 9.17) is 18.9 Å². The molecule has 2 amide bonds. The summed E-state index contributed by atoms with van der Waals surface area (Å²) in [5.74, 6) is -4.22. The highest BCUT2D eigenvalue weighted by atomic mass is 32.2. The van der Waals surface area contributed by atoms with Crippen LogP contribution in [0.3, 0.4) is 0 Å². The predicted molar refractivity (Wildman–Crippen MR) is 210 cm³/mol. The van der Waals surface area contributed by atoms with Crippen LogP contribution in [0.2, 0.25) is 0 Å². The molecule has 0 bridgehead atoms. The zero-order valence-electron chi connectivity index (χ0n) is 34.5. The number of hydrogen-bond acceptors (Lipinski definition) is 11. The summed E-state index contributed by atoms with van der Waals surface area (Å²) < 4.78 is 91.3. The first kappa shape index (κ1) is 44.2. The predicted octanol–water partition coefficient (Wildman–Crippen LogP) is 6.47. The Morgan fingerprint density at radius 1 is 1.05 bits per heavy atom. The van der Waals surface area contributed by atoms with E-state index in [0.717, 1.165) is 13.8 Å². The highest BCUT2D eigenvalue weighted by Gasteiger charge is 2.63. The van der Waals surface area contributed by atoms with Gasteiger partial charge < -0.3 is 23.8 Å². The van der Waals surface area contributed by atoms with Gasteiger partial charge in [-0.05, 0) is 101 Å². The second-order valence-electron chi connectivity index (χ2n) is 17.6. The number of halogens is 3. The van der Waals surface area contributed by atoms with E-state index in [1.165, 1.54) is 25.3 Å². The molecule has 1 aromatic carbocycles. The summed E-state index contributed by atoms with van der Waals surface area (Å²) in [6.07, 6.45) is 1.17. The van der Waals surface area contributed by atoms with Gasteiger partial charge in [-0.2, -0.15) is 13.2 Å². The van der Waals surface area contributed by atoms with Crippen molar-refractivity contribution in [2.45, 2.75) is 121 Å². The minimum atomic E-state index is -4.87. The van der Waals surface area contributed by atoms with Gasteiger partial charge in [0.15, 0.2) is 17.3 Å². The van der Waals surface area contributed by atoms with Crippen LogP contribution >= 0.6 is 0 Å². The van der Waals surface area contributed by atoms with E-state index in [-0.39, 0.29) is 37.6 Å². The molecule has 7 atom stereocenters. The second-order valence-corrected chi connectivity index (χ2v) is 19.8. The number of nitrogens with zero attached hydrogens (tertiary/aromatic N) is 2. The standard InChI is InChI=1S/C42H54F3N3O10S/c1-24-10-8-9-11-27-21-41(27,38(52)47-59(53,54)40(5)13-14-40)22-32(49)31-18-28(57-36-30-19-34(56-7)33(55-6)17-26(30)12-15-46-36)23-48(31)37(51)29(25(2)16-24)20-35(50)58-39(3,4)42(43,44)45/h9,11-12,15,17,19,24-25,27-29,31H,8,10,13-14,16,18,20-23H2,1-7H3,(H,47,52)/b11-9-/t24-,25-,27-,28-,29+,31+,41-/m1/s1. The molecular weight excluding hydrogens is 796 g/mol. The minimum Gasteiger partial charge on any atom is -0.493 e. The number of ketones is 1. The van der Waals surface area contributed by atoms with Crippen LogP contribution in [0, 0.1) is 29.1 Å². The first-order valence-electron chi connectivity index (χ1n) is 20.1. The highest BCUT2D eigenvalue weighted by Crippen LogP contribution is 2.58. The number of nitrogens with one attached hydrogen (secondary N) is 1. The van der Waals surface area contributed by atoms with Crippen molar-refractivity contribution in [2.24, 2.45) is 29.1 Å². The Morgan fingerprint density at radius 3 is 2.37 bits per heavy atom. The molecule has 4 aliphatic rings. The number of carbonyl (C=O) groups excluding carboxylic acids is 4. The Balaban J connectivity index is 1.36. The van der Waals surface area contributed by atoms with Gasteiger partial charge in [-0.15, -0.1) is 0 Å². The molecule has 13 nitrogen and oxygen atoms in total. The number of sulfonamides is 1. The van der Waals surface area contributed by atoms with E-state index in [9.17, 15) is 40.8 Å². The van der Waals surface area contributed by atoms with E-state index >= 15 is 0 Å². The number of carbonyl (C=O) groups is 4. The van der Waals surface area contributed by atoms with Gasteiger partial charge in [-0.25, -0.2) is 13.4 Å². The number of benzene rings is 1. The molecule has 2 saturated carbocycles. The maximum Gasteiger partial charge on any atom is 0.427 e. The van der Waals surface area contributed by atoms with Crippen LogP contribution in [0.5, 0.6) is 17.4 Å². The average Bonchev–Trinajstić information content (AvgIpc) is 4.04. The monoisotopic (exact) mass is 849 g/mol. The molecular formula is C42H54F3N3O10S. The second kappa shape index (κ2) is 16.2. The summed E-state index contributed by atoms with van der Waals surface area (Å²) >= 11 is 0. The lowest BCUT2D eigenvalue weighted by atomic mass is 9.82. The van der Waals surface area contributed by atoms with E-state index in [1.807, 2.05) is 19.1 Å². The molecule has 0 spiro atoms. The van der Waals surface area contributed by atoms with E-state index < -0.39 is 91.8 Å². The number of methoxy groups -OCH3 is 2. The maximum absolute atomic E-state index is 14.9. The van der Waals surface area contributed by atoms with Crippen molar-refractivity contribution in [3.05, 3.63) is 36.5 Å². The number of rotatable bonds is 10. The van der Waals surface area contributed by atoms with Gasteiger partial charge in [0.25, 0.3) is 0 Å². The Kier molecular flexibility index (Phi) is 12.1. The number of ether oxygens (including phenoxy) is 4. The number of aromatic nitrogens is 1. The lowest BCUT2D eigenvalue weighted by molar-refractivity contribution is -0.257. The van der Waals surface area contributed by atoms with Crippen molar-refractivity contribution in [1.82, 2.24) is 14.6 Å². The number of Topliss-reactive ketones (excluding diaryl/α,β-unsaturated/α-hetero) is 1. The van der Waals surface area contributed by atoms with Crippen LogP contribution in [-0.4, -0.2) is 91.3 Å². The molecule has 1 saturated heterocycles. The quantitative estimate of drug-likeness (QED) is 0.206. The molecule has 324 valence electrons. The van der Waals surface area contributed by atoms with Crippen LogP contribution in [0.4, 0.5) is 13.2 Å². The highest BCUT2D eigenvalue weighted by molar-refractivity contribution is 7.91. The molecule has 3 fully saturated rings. The van der Waals surface area contributed by atoms with Gasteiger partial charge in [0.05, 0.1) is 49.3 Å². The fourth-order valence-corrected chi connectivity index (χ4v) is 9.71. The van der Waals surface area contributed by atoms with E-state index in [1.54, 1.807) is 32.0 Å². The molecule has 17 heteroatoms. The van der Waals surface area contributed by atoms with E-state index in [2.05, 4.69) is 9.71 Å². The summed E-state index contributed by atoms with van der Waals surface area (Å²) in [6.45, 7) is 6.61. The lowest BCUT2D eigenvalue weighted by Gasteiger charge is -2.33. The van der Waals surface area contributed by atoms with Crippen molar-refractivity contribution < 1.29 is 59.7 Å². The number of alkyl halides is 3. The lowest BCUT2D eigenvalue weighted by Crippen LogP contribution is -2.48. The Morgan fingerprint density at radius 2 is 1.73 bits per heavy atom. The molecule has 1 aromatic heterocycles. The van der Waals surface area contributed by atoms with Crippen molar-refractivity contribution in [3.63, 3.8) is 0 Å². The zero-order chi connectivity index (χ0) is 43.3. The van der Waals surface area contributed by atoms with Gasteiger partial charge in [-0.3, -0.25) is 23.9 Å². The van der Waals surface area contributed by atoms with Gasteiger partial charge >= 0.3 is 12.1 Å². The number of esters is 1. The third-order valence-electron chi connectivity index (χ3n) is 12.7. The third kappa shape index (κ3) is 9.04. The molecule has 2 aromatic rings. The Labute approximate surface area is 342 Å². The molecule has 6 rings (SSSR count). The number of amides is 2. The molecule has 59 heavy (non-hydrogen) atoms. The Bertz CT molecular complexity index is 2120. The van der Waals surface area contributed by atoms with Crippen LogP contribution in [0.15, 0.2) is 36.5 Å². The van der Waals surface area contributed by atoms with Crippen LogP contribution in [-0.2, 0) is 33.9 Å². The summed E-state index contributed by atoms with van der Waals surface area (Å²) in [6, 6.07) is 3.99. The summed E-state index contributed by atoms with van der Waals surface area (Å²) in [5, 5.41) is 1.25. The SMILES string of the molecule is COc1cc2ccnc(O[C@@H]3C[C@H]4C(=O)C[C@]5(C(=O)NS(=O)(=O)C6(C)CC6)C[C@H]5/C=C\CC[C@@H](C)C[C@@H](C)[C@H](CC(=O)OC(C)(C)C(F)(F)F)C(=O)N4C3)c2cc1OC. The van der Waals surface area contributed by atoms with E-state index in [0.29, 0.717) is 54.4 Å². The summed E-state index contributed by atoms with van der Waals surface area (Å²) in [4.78, 5) is 62.6. The van der Waals surface area contributed by atoms with Gasteiger partial charge in [-0.1, -0.05) is 26.0 Å². The largest absolute Gasteiger partial charge is 0.493 e. The van der Waals surface area contributed by atoms with Crippen LogP contribution in [0.25, 0.3) is 10.8 Å². The van der Waals surface area contributed by atoms with Gasteiger partial charge in [0, 0.05) is 24.4 Å². The maximum atomic E-state index is 14.9. The molecule has 0 radical (unpaired) electrons. The minimum absolute atomic E-state index is 0.00884. The number of pyridine rings is 1. The zero-order valence-corrected chi connectivity index (χ0v) is 35.3. The van der Waals surface area contributed by atoms with Crippen LogP contribution < -0.4 is 18.9 Å². The summed E-state index contributed by atoms with van der Waals surface area (Å²) in [5.41, 5.74) is -4.21. The topological polar surface area (TPSA) is 167 Å². The van der Waals surface area contributed by atoms with Gasteiger partial charge in [0.1, 0.15) is 6.10 Å². The number of allylic oxidation sites excluding steroid dienone is 2. The number of fused-ring (bicyclic) bond motifs is 3. The van der Waals surface area contributed by atoms with Crippen molar-refractivity contribution in [2.75, 3.05) is 20.8 Å². The molecule has 1 N–H and O–H groups in total. The summed E-state index contributed by atoms with van der Waals surface area (Å²) in [7, 11) is -1.06. The fraction of sp³-hybridized carbons (Fsp3) is 0.643. The van der Waals surface area contributed by atoms with Crippen molar-refractivity contribution >= 4 is 44.4 Å². The van der Waals surface area contributed by atoms with Crippen molar-refractivity contribution in [1.29, 1.82) is 0 Å². The molecule has 2 aliphatic carbocycles. The van der Waals surface area contributed by atoms with Crippen LogP contribution in [0.1, 0.15) is 92.4 Å². The molecule has 2 aliphatic heterocycles. The smallest absolute Gasteiger partial charge is 0.427 e. The first-order chi connectivity index (χ1) is 27.5. The Hall–Kier alpha value is -4.41. The average molecular weight is 850 g/mol. The van der Waals surface area contributed by atoms with Crippen molar-refractivity contribution in [3.8, 4) is 17.4 Å². The molecule has 0 unspecified atom stereocenters. The fourth-order valence-electron chi connectivity index (χ4n) is 8.37. The van der Waals surface area contributed by atoms with Gasteiger partial charge in [0.2, 0.25) is 33.3 Å². The first-order valence-corrected chi connectivity index (χ1v) is 21.6. The third-order valence-corrected chi connectivity index (χ3v) is 14.9. The number of hydrogen-bond donors (Lipinski definition) is 1. The molecule has 3 heterocycles. The normalized spacial score (nSPS) is 29.3.